The predicted molar refractivity (Wildman–Crippen MR) is 122 cm³/mol. The fraction of sp³-hybridized carbons (Fsp3) is 0.200. The number of aliphatic hydroxyl groups is 1. The third-order valence-corrected chi connectivity index (χ3v) is 5.50. The molecule has 8 heteroatoms. The number of nitrogens with zero attached hydrogens (tertiary/aromatic N) is 3. The molecule has 3 N–H and O–H groups in total. The van der Waals surface area contributed by atoms with Crippen LogP contribution in [0, 0.1) is 6.92 Å². The Balaban J connectivity index is 1.44. The number of rotatable bonds is 8. The van der Waals surface area contributed by atoms with E-state index < -0.39 is 6.10 Å². The number of benzene rings is 3. The molecule has 4 aromatic rings. The minimum atomic E-state index is -0.811. The molecule has 0 aliphatic heterocycles. The number of aliphatic hydroxyl groups excluding tert-OH is 1. The van der Waals surface area contributed by atoms with Crippen LogP contribution in [0.1, 0.15) is 52.1 Å². The van der Waals surface area contributed by atoms with Gasteiger partial charge in [-0.1, -0.05) is 49.4 Å². The van der Waals surface area contributed by atoms with Gasteiger partial charge in [-0.3, -0.25) is 4.79 Å². The number of aromatic nitrogens is 4. The van der Waals surface area contributed by atoms with Crippen LogP contribution in [0.2, 0.25) is 0 Å². The summed E-state index contributed by atoms with van der Waals surface area (Å²) in [5, 5.41) is 35.1. The van der Waals surface area contributed by atoms with E-state index in [1.54, 1.807) is 26.0 Å². The summed E-state index contributed by atoms with van der Waals surface area (Å²) in [4.78, 5) is 11.9. The fourth-order valence-corrected chi connectivity index (χ4v) is 3.54. The predicted octanol–water partition coefficient (Wildman–Crippen LogP) is 4.13. The van der Waals surface area contributed by atoms with E-state index in [4.69, 9.17) is 4.74 Å². The average Bonchev–Trinajstić information content (AvgIpc) is 3.40. The lowest BCUT2D eigenvalue weighted by Gasteiger charge is -2.14. The van der Waals surface area contributed by atoms with E-state index in [9.17, 15) is 15.0 Å². The molecule has 0 spiro atoms. The topological polar surface area (TPSA) is 121 Å². The third-order valence-electron chi connectivity index (χ3n) is 5.50. The number of ether oxygens (including phenoxy) is 1. The molecular weight excluding hydrogens is 420 g/mol. The summed E-state index contributed by atoms with van der Waals surface area (Å²) in [5.74, 6) is 0.826. The van der Waals surface area contributed by atoms with Gasteiger partial charge in [0.05, 0.1) is 5.56 Å². The number of carbonyl (C=O) groups is 1. The Kier molecular flexibility index (Phi) is 6.46. The van der Waals surface area contributed by atoms with Gasteiger partial charge in [-0.2, -0.15) is 5.21 Å². The lowest BCUT2D eigenvalue weighted by atomic mass is 9.98. The molecule has 33 heavy (non-hydrogen) atoms. The molecule has 0 saturated carbocycles. The van der Waals surface area contributed by atoms with Gasteiger partial charge in [-0.05, 0) is 47.0 Å². The van der Waals surface area contributed by atoms with Crippen LogP contribution in [-0.4, -0.2) is 36.6 Å². The van der Waals surface area contributed by atoms with E-state index in [1.165, 1.54) is 0 Å². The highest BCUT2D eigenvalue weighted by Crippen LogP contribution is 2.32. The monoisotopic (exact) mass is 444 g/mol. The van der Waals surface area contributed by atoms with Gasteiger partial charge in [0.2, 0.25) is 5.82 Å². The molecule has 8 nitrogen and oxygen atoms in total. The molecule has 0 aliphatic rings. The lowest BCUT2D eigenvalue weighted by molar-refractivity contribution is 0.0985. The molecule has 0 bridgehead atoms. The van der Waals surface area contributed by atoms with Crippen molar-refractivity contribution in [1.29, 1.82) is 0 Å². The zero-order chi connectivity index (χ0) is 23.4. The van der Waals surface area contributed by atoms with Crippen LogP contribution in [0.5, 0.6) is 11.5 Å². The molecule has 1 atom stereocenters. The van der Waals surface area contributed by atoms with Gasteiger partial charge in [-0.25, -0.2) is 0 Å². The Morgan fingerprint density at radius 1 is 1.09 bits per heavy atom. The smallest absolute Gasteiger partial charge is 0.204 e. The summed E-state index contributed by atoms with van der Waals surface area (Å²) in [7, 11) is 0. The number of aromatic hydroxyl groups is 1. The highest BCUT2D eigenvalue weighted by molar-refractivity contribution is 5.99. The van der Waals surface area contributed by atoms with Gasteiger partial charge in [-0.15, -0.1) is 10.2 Å². The fourth-order valence-electron chi connectivity index (χ4n) is 3.54. The Hall–Kier alpha value is -4.04. The van der Waals surface area contributed by atoms with Gasteiger partial charge in [0, 0.05) is 17.5 Å². The number of aromatic amines is 1. The minimum Gasteiger partial charge on any atom is -0.507 e. The average molecular weight is 444 g/mol. The molecule has 168 valence electrons. The van der Waals surface area contributed by atoms with Crippen molar-refractivity contribution in [3.63, 3.8) is 0 Å². The van der Waals surface area contributed by atoms with Gasteiger partial charge < -0.3 is 14.9 Å². The van der Waals surface area contributed by atoms with E-state index in [2.05, 4.69) is 20.6 Å². The van der Waals surface area contributed by atoms with Crippen molar-refractivity contribution in [3.8, 4) is 22.9 Å². The number of carbonyl (C=O) groups excluding carboxylic acids is 1. The van der Waals surface area contributed by atoms with Crippen LogP contribution in [0.4, 0.5) is 0 Å². The summed E-state index contributed by atoms with van der Waals surface area (Å²) in [6, 6.07) is 18.1. The zero-order valence-corrected chi connectivity index (χ0v) is 18.3. The Bertz CT molecular complexity index is 1250. The first-order chi connectivity index (χ1) is 16.0. The van der Waals surface area contributed by atoms with E-state index in [0.29, 0.717) is 34.7 Å². The number of hydrogen-bond donors (Lipinski definition) is 3. The molecule has 0 aliphatic carbocycles. The second-order valence-corrected chi connectivity index (χ2v) is 7.66. The molecule has 0 radical (unpaired) electrons. The molecule has 0 saturated heterocycles. The number of nitrogens with one attached hydrogen (secondary N) is 1. The first kappa shape index (κ1) is 22.2. The minimum absolute atomic E-state index is 0.0409. The lowest BCUT2D eigenvalue weighted by Crippen LogP contribution is -2.03. The van der Waals surface area contributed by atoms with Crippen LogP contribution in [0.3, 0.4) is 0 Å². The second kappa shape index (κ2) is 9.62. The maximum atomic E-state index is 11.9. The van der Waals surface area contributed by atoms with Crippen LogP contribution >= 0.6 is 0 Å². The van der Waals surface area contributed by atoms with Crippen molar-refractivity contribution in [1.82, 2.24) is 20.6 Å². The first-order valence-electron chi connectivity index (χ1n) is 10.6. The first-order valence-corrected chi connectivity index (χ1v) is 10.6. The van der Waals surface area contributed by atoms with Crippen molar-refractivity contribution >= 4 is 5.78 Å². The number of phenols is 1. The Morgan fingerprint density at radius 2 is 1.88 bits per heavy atom. The van der Waals surface area contributed by atoms with Gasteiger partial charge in [0.1, 0.15) is 24.2 Å². The van der Waals surface area contributed by atoms with Crippen molar-refractivity contribution < 1.29 is 19.7 Å². The highest BCUT2D eigenvalue weighted by Gasteiger charge is 2.15. The SMILES string of the molecule is CCC(=O)c1ccc(OCc2ccc(C(O)c3cccc(-c4nn[nH]n4)c3)cc2)c(C)c1O. The third kappa shape index (κ3) is 4.75. The van der Waals surface area contributed by atoms with E-state index in [-0.39, 0.29) is 18.1 Å². The standard InChI is InChI=1S/C25H24N4O4/c1-3-21(30)20-11-12-22(15(2)23(20)31)33-14-16-7-9-17(10-8-16)24(32)18-5-4-6-19(13-18)25-26-28-29-27-25/h4-13,24,31-32H,3,14H2,1-2H3,(H,26,27,28,29). The molecule has 1 aromatic heterocycles. The number of tetrazole rings is 1. The van der Waals surface area contributed by atoms with Crippen molar-refractivity contribution in [3.05, 3.63) is 88.5 Å². The maximum Gasteiger partial charge on any atom is 0.204 e. The molecule has 0 amide bonds. The van der Waals surface area contributed by atoms with Crippen LogP contribution in [0.15, 0.2) is 60.7 Å². The molecule has 1 heterocycles. The van der Waals surface area contributed by atoms with Gasteiger partial charge in [0.15, 0.2) is 5.78 Å². The van der Waals surface area contributed by atoms with Crippen LogP contribution in [0.25, 0.3) is 11.4 Å². The Labute approximate surface area is 190 Å². The van der Waals surface area contributed by atoms with Crippen molar-refractivity contribution in [2.45, 2.75) is 33.0 Å². The van der Waals surface area contributed by atoms with E-state index in [0.717, 1.165) is 16.7 Å². The van der Waals surface area contributed by atoms with Crippen LogP contribution in [-0.2, 0) is 6.61 Å². The van der Waals surface area contributed by atoms with Crippen molar-refractivity contribution in [2.75, 3.05) is 0 Å². The number of H-pyrrole nitrogens is 1. The summed E-state index contributed by atoms with van der Waals surface area (Å²) < 4.78 is 5.86. The quantitative estimate of drug-likeness (QED) is 0.349. The van der Waals surface area contributed by atoms with E-state index in [1.807, 2.05) is 48.5 Å². The molecule has 4 rings (SSSR count). The number of phenolic OH excluding ortho intramolecular Hbond substituents is 1. The molecule has 1 unspecified atom stereocenters. The van der Waals surface area contributed by atoms with Crippen molar-refractivity contribution in [2.24, 2.45) is 0 Å². The summed E-state index contributed by atoms with van der Waals surface area (Å²) in [6.45, 7) is 3.76. The normalized spacial score (nSPS) is 11.8. The number of Topliss-reactive ketones (excluding diaryl/α,β-unsaturated/α-hetero) is 1. The maximum absolute atomic E-state index is 11.9. The van der Waals surface area contributed by atoms with E-state index >= 15 is 0 Å². The van der Waals surface area contributed by atoms with Gasteiger partial charge >= 0.3 is 0 Å². The van der Waals surface area contributed by atoms with Gasteiger partial charge in [0.25, 0.3) is 0 Å². The zero-order valence-electron chi connectivity index (χ0n) is 18.3. The molecular formula is C25H24N4O4. The number of hydrogen-bond acceptors (Lipinski definition) is 7. The summed E-state index contributed by atoms with van der Waals surface area (Å²) in [6.07, 6.45) is -0.484. The summed E-state index contributed by atoms with van der Waals surface area (Å²) in [5.41, 5.74) is 3.95. The largest absolute Gasteiger partial charge is 0.507 e. The van der Waals surface area contributed by atoms with Crippen LogP contribution < -0.4 is 4.74 Å². The Morgan fingerprint density at radius 3 is 2.58 bits per heavy atom. The molecule has 3 aromatic carbocycles. The second-order valence-electron chi connectivity index (χ2n) is 7.66. The summed E-state index contributed by atoms with van der Waals surface area (Å²) >= 11 is 0. The number of ketones is 1. The molecule has 0 fully saturated rings. The highest BCUT2D eigenvalue weighted by atomic mass is 16.5.